The number of hydrogen-bond donors (Lipinski definition) is 0. The van der Waals surface area contributed by atoms with Crippen molar-refractivity contribution in [3.63, 3.8) is 0 Å². The lowest BCUT2D eigenvalue weighted by Crippen LogP contribution is -2.41. The summed E-state index contributed by atoms with van der Waals surface area (Å²) in [6, 6.07) is 22.2. The second kappa shape index (κ2) is 19.7. The summed E-state index contributed by atoms with van der Waals surface area (Å²) in [4.78, 5) is 0. The molecule has 1 aromatic heterocycles. The van der Waals surface area contributed by atoms with Crippen LogP contribution in [-0.2, 0) is 25.9 Å². The van der Waals surface area contributed by atoms with Gasteiger partial charge in [0.25, 0.3) is 5.82 Å². The number of aromatic nitrogens is 2. The van der Waals surface area contributed by atoms with E-state index in [4.69, 9.17) is 0 Å². The van der Waals surface area contributed by atoms with Gasteiger partial charge in [0.15, 0.2) is 0 Å². The average molecular weight is 544 g/mol. The van der Waals surface area contributed by atoms with Crippen molar-refractivity contribution >= 4 is 0 Å². The molecule has 0 saturated carbocycles. The number of rotatable bonds is 22. The topological polar surface area (TPSA) is 8.81 Å². The fourth-order valence-electron chi connectivity index (χ4n) is 6.08. The van der Waals surface area contributed by atoms with Gasteiger partial charge in [0.2, 0.25) is 0 Å². The number of hydrogen-bond acceptors (Lipinski definition) is 0. The third kappa shape index (κ3) is 11.6. The smallest absolute Gasteiger partial charge is 0.234 e. The van der Waals surface area contributed by atoms with Crippen molar-refractivity contribution in [2.45, 2.75) is 149 Å². The molecule has 2 heteroatoms. The Morgan fingerprint density at radius 1 is 0.625 bits per heavy atom. The highest BCUT2D eigenvalue weighted by Crippen LogP contribution is 2.21. The number of imidazole rings is 1. The first-order valence-corrected chi connectivity index (χ1v) is 16.9. The summed E-state index contributed by atoms with van der Waals surface area (Å²) in [6.07, 6.45) is 25.4. The molecule has 0 spiro atoms. The van der Waals surface area contributed by atoms with E-state index in [1.165, 1.54) is 119 Å². The van der Waals surface area contributed by atoms with Crippen molar-refractivity contribution in [2.75, 3.05) is 0 Å². The largest absolute Gasteiger partial charge is 0.261 e. The van der Waals surface area contributed by atoms with Crippen molar-refractivity contribution < 1.29 is 4.57 Å². The average Bonchev–Trinajstić information content (AvgIpc) is 3.30. The number of benzene rings is 2. The highest BCUT2D eigenvalue weighted by Gasteiger charge is 2.25. The minimum Gasteiger partial charge on any atom is -0.234 e. The van der Waals surface area contributed by atoms with E-state index in [0.717, 1.165) is 25.9 Å². The van der Waals surface area contributed by atoms with Gasteiger partial charge in [-0.3, -0.25) is 0 Å². The molecule has 0 radical (unpaired) electrons. The van der Waals surface area contributed by atoms with E-state index in [-0.39, 0.29) is 0 Å². The van der Waals surface area contributed by atoms with Crippen molar-refractivity contribution in [1.82, 2.24) is 4.57 Å². The van der Waals surface area contributed by atoms with Gasteiger partial charge < -0.3 is 0 Å². The van der Waals surface area contributed by atoms with Crippen molar-refractivity contribution in [3.05, 3.63) is 89.5 Å². The fourth-order valence-corrected chi connectivity index (χ4v) is 6.08. The predicted octanol–water partition coefficient (Wildman–Crippen LogP) is 10.6. The maximum Gasteiger partial charge on any atom is 0.261 e. The monoisotopic (exact) mass is 543 g/mol. The molecule has 220 valence electrons. The molecule has 2 nitrogen and oxygen atoms in total. The van der Waals surface area contributed by atoms with E-state index < -0.39 is 0 Å². The molecule has 3 aromatic rings. The number of unbranched alkanes of at least 4 members (excludes halogenated alkanes) is 13. The van der Waals surface area contributed by atoms with Gasteiger partial charge in [-0.1, -0.05) is 158 Å². The Morgan fingerprint density at radius 3 is 1.73 bits per heavy atom. The van der Waals surface area contributed by atoms with Crippen LogP contribution in [0.1, 0.15) is 146 Å². The first-order chi connectivity index (χ1) is 19.7. The molecule has 2 aromatic carbocycles. The first kappa shape index (κ1) is 32.2. The van der Waals surface area contributed by atoms with Crippen molar-refractivity contribution in [2.24, 2.45) is 0 Å². The number of aryl methyl sites for hydroxylation is 1. The summed E-state index contributed by atoms with van der Waals surface area (Å²) in [5.74, 6) is 2.01. The van der Waals surface area contributed by atoms with Gasteiger partial charge in [0.05, 0.1) is 19.5 Å². The SMILES string of the molecule is CCCCCCCCCCCCCCC[n+]1c(CC(C)c2ccccc2)cn(CCCC)c1Cc1ccccc1. The van der Waals surface area contributed by atoms with Gasteiger partial charge in [-0.25, -0.2) is 9.13 Å². The van der Waals surface area contributed by atoms with Crippen molar-refractivity contribution in [3.8, 4) is 0 Å². The van der Waals surface area contributed by atoms with Gasteiger partial charge in [-0.15, -0.1) is 0 Å². The standard InChI is InChI=1S/C38H59N2/c1-4-6-8-9-10-11-12-13-14-15-16-17-24-30-40-37(31-34(3)36-27-22-19-23-28-36)33-39(29-7-5-2)38(40)32-35-25-20-18-21-26-35/h18-23,25-28,33-34H,4-17,24,29-32H2,1-3H3/q+1. The Labute approximate surface area is 247 Å². The third-order valence-electron chi connectivity index (χ3n) is 8.62. The van der Waals surface area contributed by atoms with E-state index in [2.05, 4.69) is 96.8 Å². The van der Waals surface area contributed by atoms with Crippen LogP contribution in [-0.4, -0.2) is 4.57 Å². The normalized spacial score (nSPS) is 12.2. The molecular weight excluding hydrogens is 484 g/mol. The lowest BCUT2D eigenvalue weighted by Gasteiger charge is -2.12. The Balaban J connectivity index is 1.58. The van der Waals surface area contributed by atoms with E-state index in [0.29, 0.717) is 5.92 Å². The Bertz CT molecular complexity index is 1020. The van der Waals surface area contributed by atoms with Gasteiger partial charge >= 0.3 is 0 Å². The predicted molar refractivity (Wildman–Crippen MR) is 173 cm³/mol. The summed E-state index contributed by atoms with van der Waals surface area (Å²) < 4.78 is 5.30. The molecule has 0 N–H and O–H groups in total. The molecule has 0 aliphatic rings. The molecular formula is C38H59N2+. The molecule has 0 amide bonds. The van der Waals surface area contributed by atoms with E-state index in [9.17, 15) is 0 Å². The Hall–Kier alpha value is -2.35. The van der Waals surface area contributed by atoms with Crippen LogP contribution < -0.4 is 4.57 Å². The van der Waals surface area contributed by atoms with Crippen LogP contribution in [0.2, 0.25) is 0 Å². The van der Waals surface area contributed by atoms with Crippen LogP contribution in [0.15, 0.2) is 66.9 Å². The van der Waals surface area contributed by atoms with E-state index in [1.54, 1.807) is 0 Å². The maximum atomic E-state index is 2.71. The molecule has 0 aliphatic heterocycles. The van der Waals surface area contributed by atoms with Gasteiger partial charge in [-0.05, 0) is 36.3 Å². The highest BCUT2D eigenvalue weighted by atomic mass is 15.2. The van der Waals surface area contributed by atoms with Crippen LogP contribution in [0.5, 0.6) is 0 Å². The lowest BCUT2D eigenvalue weighted by molar-refractivity contribution is -0.710. The van der Waals surface area contributed by atoms with Gasteiger partial charge in [0, 0.05) is 6.42 Å². The molecule has 1 atom stereocenters. The molecule has 3 rings (SSSR count). The zero-order chi connectivity index (χ0) is 28.3. The minimum atomic E-state index is 0.519. The molecule has 0 aliphatic carbocycles. The van der Waals surface area contributed by atoms with E-state index >= 15 is 0 Å². The van der Waals surface area contributed by atoms with Crippen LogP contribution >= 0.6 is 0 Å². The van der Waals surface area contributed by atoms with Gasteiger partial charge in [-0.2, -0.15) is 0 Å². The Morgan fingerprint density at radius 2 is 1.15 bits per heavy atom. The number of nitrogens with zero attached hydrogens (tertiary/aromatic N) is 2. The van der Waals surface area contributed by atoms with Crippen LogP contribution in [0.3, 0.4) is 0 Å². The Kier molecular flexibility index (Phi) is 15.8. The van der Waals surface area contributed by atoms with Crippen molar-refractivity contribution in [1.29, 1.82) is 0 Å². The third-order valence-corrected chi connectivity index (χ3v) is 8.62. The lowest BCUT2D eigenvalue weighted by atomic mass is 9.96. The maximum absolute atomic E-state index is 2.71. The second-order valence-corrected chi connectivity index (χ2v) is 12.2. The minimum absolute atomic E-state index is 0.519. The molecule has 0 fully saturated rings. The summed E-state index contributed by atoms with van der Waals surface area (Å²) >= 11 is 0. The fraction of sp³-hybridized carbons (Fsp3) is 0.605. The summed E-state index contributed by atoms with van der Waals surface area (Å²) in [7, 11) is 0. The quantitative estimate of drug-likeness (QED) is 0.0880. The van der Waals surface area contributed by atoms with Crippen LogP contribution in [0, 0.1) is 0 Å². The second-order valence-electron chi connectivity index (χ2n) is 12.2. The molecule has 0 saturated heterocycles. The van der Waals surface area contributed by atoms with E-state index in [1.807, 2.05) is 0 Å². The summed E-state index contributed by atoms with van der Waals surface area (Å²) in [6.45, 7) is 9.27. The zero-order valence-electron chi connectivity index (χ0n) is 26.3. The zero-order valence-corrected chi connectivity index (χ0v) is 26.3. The van der Waals surface area contributed by atoms with Gasteiger partial charge in [0.1, 0.15) is 11.9 Å². The molecule has 40 heavy (non-hydrogen) atoms. The highest BCUT2D eigenvalue weighted by molar-refractivity contribution is 5.21. The first-order valence-electron chi connectivity index (χ1n) is 16.9. The van der Waals surface area contributed by atoms with Crippen LogP contribution in [0.4, 0.5) is 0 Å². The van der Waals surface area contributed by atoms with Crippen LogP contribution in [0.25, 0.3) is 0 Å². The summed E-state index contributed by atoms with van der Waals surface area (Å²) in [5, 5.41) is 0. The molecule has 1 heterocycles. The molecule has 0 bridgehead atoms. The summed E-state index contributed by atoms with van der Waals surface area (Å²) in [5.41, 5.74) is 4.37. The molecule has 1 unspecified atom stereocenters.